The number of aromatic nitrogens is 3. The molecule has 1 N–H and O–H groups in total. The summed E-state index contributed by atoms with van der Waals surface area (Å²) in [6.07, 6.45) is 0.758. The van der Waals surface area contributed by atoms with E-state index in [4.69, 9.17) is 0 Å². The smallest absolute Gasteiger partial charge is 0.249 e. The number of ketones is 1. The van der Waals surface area contributed by atoms with Gasteiger partial charge in [-0.3, -0.25) is 19.3 Å². The second-order valence-electron chi connectivity index (χ2n) is 9.53. The number of nitrogens with one attached hydrogen (secondary N) is 1. The van der Waals surface area contributed by atoms with Crippen LogP contribution in [0.15, 0.2) is 72.8 Å². The SMILES string of the molecule is CC(=O)c1ccc(N(C(=O)Cn2nnc3ccccc32)[C@@H](C(=O)NCCC(C)C)c2ccc(F)cc2)cc1. The first-order valence-electron chi connectivity index (χ1n) is 12.5. The van der Waals surface area contributed by atoms with Gasteiger partial charge in [0.1, 0.15) is 23.9 Å². The van der Waals surface area contributed by atoms with Gasteiger partial charge in [0.05, 0.1) is 5.52 Å². The number of Topliss-reactive ketones (excluding diaryl/α,β-unsaturated/α-hetero) is 1. The molecule has 4 rings (SSSR count). The third kappa shape index (κ3) is 6.11. The van der Waals surface area contributed by atoms with Crippen LogP contribution in [0.2, 0.25) is 0 Å². The zero-order valence-electron chi connectivity index (χ0n) is 21.6. The topological polar surface area (TPSA) is 97.2 Å². The predicted octanol–water partition coefficient (Wildman–Crippen LogP) is 4.71. The van der Waals surface area contributed by atoms with Crippen molar-refractivity contribution in [2.24, 2.45) is 5.92 Å². The van der Waals surface area contributed by atoms with Gasteiger partial charge >= 0.3 is 0 Å². The summed E-state index contributed by atoms with van der Waals surface area (Å²) in [4.78, 5) is 40.8. The molecule has 0 spiro atoms. The third-order valence-electron chi connectivity index (χ3n) is 6.24. The lowest BCUT2D eigenvalue weighted by atomic mass is 10.0. The summed E-state index contributed by atoms with van der Waals surface area (Å²) in [6.45, 7) is 5.80. The molecule has 1 atom stereocenters. The fourth-order valence-electron chi connectivity index (χ4n) is 4.18. The summed E-state index contributed by atoms with van der Waals surface area (Å²) in [5.41, 5.74) is 2.65. The maximum Gasteiger partial charge on any atom is 0.249 e. The fourth-order valence-corrected chi connectivity index (χ4v) is 4.18. The quantitative estimate of drug-likeness (QED) is 0.309. The number of carbonyl (C=O) groups excluding carboxylic acids is 3. The van der Waals surface area contributed by atoms with Crippen LogP contribution in [0.1, 0.15) is 49.2 Å². The van der Waals surface area contributed by atoms with Gasteiger partial charge in [0.15, 0.2) is 5.78 Å². The lowest BCUT2D eigenvalue weighted by Gasteiger charge is -2.32. The molecule has 0 aliphatic rings. The molecule has 0 saturated carbocycles. The molecule has 9 heteroatoms. The van der Waals surface area contributed by atoms with Crippen LogP contribution in [0.3, 0.4) is 0 Å². The van der Waals surface area contributed by atoms with E-state index >= 15 is 0 Å². The van der Waals surface area contributed by atoms with E-state index < -0.39 is 23.7 Å². The Bertz CT molecular complexity index is 1430. The summed E-state index contributed by atoms with van der Waals surface area (Å²) >= 11 is 0. The standard InChI is InChI=1S/C29H30FN5O3/c1-19(2)16-17-31-29(38)28(22-8-12-23(30)13-9-22)35(24-14-10-21(11-15-24)20(3)36)27(37)18-34-26-7-5-4-6-25(26)32-33-34/h4-15,19,28H,16-18H2,1-3H3,(H,31,38)/t28-/m1/s1. The lowest BCUT2D eigenvalue weighted by molar-refractivity contribution is -0.127. The van der Waals surface area contributed by atoms with Crippen LogP contribution in [-0.4, -0.2) is 39.1 Å². The van der Waals surface area contributed by atoms with E-state index in [1.165, 1.54) is 40.8 Å². The molecule has 2 amide bonds. The monoisotopic (exact) mass is 515 g/mol. The van der Waals surface area contributed by atoms with Gasteiger partial charge in [-0.05, 0) is 73.4 Å². The fraction of sp³-hybridized carbons (Fsp3) is 0.276. The van der Waals surface area contributed by atoms with Crippen molar-refractivity contribution >= 4 is 34.3 Å². The molecule has 1 aromatic heterocycles. The van der Waals surface area contributed by atoms with Crippen molar-refractivity contribution in [1.82, 2.24) is 20.3 Å². The Hall–Kier alpha value is -4.40. The molecule has 0 unspecified atom stereocenters. The van der Waals surface area contributed by atoms with Crippen LogP contribution in [0, 0.1) is 11.7 Å². The number of hydrogen-bond acceptors (Lipinski definition) is 5. The minimum absolute atomic E-state index is 0.120. The highest BCUT2D eigenvalue weighted by molar-refractivity contribution is 6.02. The Morgan fingerprint density at radius 1 is 0.974 bits per heavy atom. The minimum atomic E-state index is -1.09. The number of hydrogen-bond donors (Lipinski definition) is 1. The Morgan fingerprint density at radius 3 is 2.32 bits per heavy atom. The molecule has 0 fully saturated rings. The summed E-state index contributed by atoms with van der Waals surface area (Å²) in [6, 6.07) is 18.2. The highest BCUT2D eigenvalue weighted by atomic mass is 19.1. The molecule has 3 aromatic carbocycles. The maximum atomic E-state index is 14.0. The van der Waals surface area contributed by atoms with Crippen molar-refractivity contribution in [3.05, 3.63) is 89.7 Å². The molecule has 4 aromatic rings. The number of rotatable bonds is 10. The van der Waals surface area contributed by atoms with Gasteiger partial charge in [-0.2, -0.15) is 0 Å². The van der Waals surface area contributed by atoms with Crippen LogP contribution >= 0.6 is 0 Å². The first-order chi connectivity index (χ1) is 18.2. The molecule has 0 aliphatic heterocycles. The highest BCUT2D eigenvalue weighted by Gasteiger charge is 2.33. The van der Waals surface area contributed by atoms with Crippen LogP contribution < -0.4 is 10.2 Å². The predicted molar refractivity (Wildman–Crippen MR) is 143 cm³/mol. The van der Waals surface area contributed by atoms with Crippen molar-refractivity contribution in [2.75, 3.05) is 11.4 Å². The van der Waals surface area contributed by atoms with E-state index in [-0.39, 0.29) is 12.3 Å². The maximum absolute atomic E-state index is 14.0. The highest BCUT2D eigenvalue weighted by Crippen LogP contribution is 2.29. The van der Waals surface area contributed by atoms with Gasteiger partial charge in [-0.1, -0.05) is 43.3 Å². The van der Waals surface area contributed by atoms with Gasteiger partial charge in [0.25, 0.3) is 0 Å². The van der Waals surface area contributed by atoms with Gasteiger partial charge in [-0.25, -0.2) is 9.07 Å². The molecule has 8 nitrogen and oxygen atoms in total. The number of nitrogens with zero attached hydrogens (tertiary/aromatic N) is 4. The number of benzene rings is 3. The molecule has 0 aliphatic carbocycles. The molecule has 1 heterocycles. The van der Waals surface area contributed by atoms with E-state index in [1.807, 2.05) is 18.2 Å². The average Bonchev–Trinajstić information content (AvgIpc) is 3.30. The van der Waals surface area contributed by atoms with E-state index in [0.717, 1.165) is 6.42 Å². The Balaban J connectivity index is 1.77. The number of carbonyl (C=O) groups is 3. The molecule has 0 saturated heterocycles. The van der Waals surface area contributed by atoms with E-state index in [2.05, 4.69) is 29.5 Å². The van der Waals surface area contributed by atoms with Gasteiger partial charge in [0.2, 0.25) is 11.8 Å². The van der Waals surface area contributed by atoms with Crippen LogP contribution in [0.25, 0.3) is 11.0 Å². The van der Waals surface area contributed by atoms with Crippen molar-refractivity contribution in [3.8, 4) is 0 Å². The largest absolute Gasteiger partial charge is 0.354 e. The molecular weight excluding hydrogens is 485 g/mol. The van der Waals surface area contributed by atoms with Crippen LogP contribution in [0.4, 0.5) is 10.1 Å². The summed E-state index contributed by atoms with van der Waals surface area (Å²) < 4.78 is 15.3. The van der Waals surface area contributed by atoms with Gasteiger partial charge in [0, 0.05) is 17.8 Å². The molecule has 196 valence electrons. The normalized spacial score (nSPS) is 11.9. The van der Waals surface area contributed by atoms with E-state index in [9.17, 15) is 18.8 Å². The van der Waals surface area contributed by atoms with Gasteiger partial charge in [-0.15, -0.1) is 5.10 Å². The van der Waals surface area contributed by atoms with Crippen LogP contribution in [0.5, 0.6) is 0 Å². The number of anilines is 1. The summed E-state index contributed by atoms with van der Waals surface area (Å²) in [5, 5.41) is 11.2. The molecule has 38 heavy (non-hydrogen) atoms. The van der Waals surface area contributed by atoms with Gasteiger partial charge < -0.3 is 5.32 Å². The van der Waals surface area contributed by atoms with Crippen LogP contribution in [-0.2, 0) is 16.1 Å². The minimum Gasteiger partial charge on any atom is -0.354 e. The van der Waals surface area contributed by atoms with Crippen molar-refractivity contribution in [3.63, 3.8) is 0 Å². The first-order valence-corrected chi connectivity index (χ1v) is 12.5. The number of halogens is 1. The molecule has 0 radical (unpaired) electrons. The van der Waals surface area contributed by atoms with Crippen molar-refractivity contribution < 1.29 is 18.8 Å². The van der Waals surface area contributed by atoms with E-state index in [0.29, 0.717) is 40.3 Å². The number of amides is 2. The third-order valence-corrected chi connectivity index (χ3v) is 6.24. The molecular formula is C29H30FN5O3. The lowest BCUT2D eigenvalue weighted by Crippen LogP contribution is -2.45. The second-order valence-corrected chi connectivity index (χ2v) is 9.53. The summed E-state index contributed by atoms with van der Waals surface area (Å²) in [5.74, 6) is -1.03. The zero-order valence-corrected chi connectivity index (χ0v) is 21.6. The zero-order chi connectivity index (χ0) is 27.2. The average molecular weight is 516 g/mol. The summed E-state index contributed by atoms with van der Waals surface area (Å²) in [7, 11) is 0. The van der Waals surface area contributed by atoms with Crippen molar-refractivity contribution in [2.45, 2.75) is 39.8 Å². The second kappa shape index (κ2) is 11.8. The Labute approximate surface area is 220 Å². The van der Waals surface area contributed by atoms with E-state index in [1.54, 1.807) is 30.3 Å². The Morgan fingerprint density at radius 2 is 1.66 bits per heavy atom. The Kier molecular flexibility index (Phi) is 8.25. The molecule has 0 bridgehead atoms. The van der Waals surface area contributed by atoms with Crippen molar-refractivity contribution in [1.29, 1.82) is 0 Å². The number of para-hydroxylation sites is 1. The number of fused-ring (bicyclic) bond motifs is 1. The first kappa shape index (κ1) is 26.7.